The lowest BCUT2D eigenvalue weighted by Crippen LogP contribution is -2.36. The van der Waals surface area contributed by atoms with Crippen molar-refractivity contribution in [2.75, 3.05) is 4.31 Å². The summed E-state index contributed by atoms with van der Waals surface area (Å²) in [5.74, 6) is 0. The molecule has 1 atom stereocenters. The second-order valence-electron chi connectivity index (χ2n) is 2.69. The molecule has 0 radical (unpaired) electrons. The highest BCUT2D eigenvalue weighted by Gasteiger charge is 2.08. The molecule has 0 saturated heterocycles. The van der Waals surface area contributed by atoms with E-state index in [1.165, 1.54) is 0 Å². The first-order chi connectivity index (χ1) is 6.52. The molecule has 0 heterocycles. The van der Waals surface area contributed by atoms with Gasteiger partial charge in [-0.15, -0.1) is 0 Å². The monoisotopic (exact) mass is 229 g/mol. The highest BCUT2D eigenvalue weighted by atomic mass is 32.2. The van der Waals surface area contributed by atoms with Gasteiger partial charge in [0.05, 0.1) is 17.0 Å². The van der Waals surface area contributed by atoms with Gasteiger partial charge in [-0.3, -0.25) is 4.21 Å². The minimum Gasteiger partial charge on any atom is -0.755 e. The topological polar surface area (TPSA) is 69.4 Å². The van der Waals surface area contributed by atoms with E-state index in [0.29, 0.717) is 5.69 Å². The van der Waals surface area contributed by atoms with Gasteiger partial charge in [0.1, 0.15) is 0 Å². The summed E-state index contributed by atoms with van der Waals surface area (Å²) in [5.41, 5.74) is 6.75. The Hall–Kier alpha value is -0.980. The average Bonchev–Trinajstić information content (AvgIpc) is 2.07. The number of hydrogen-bond acceptors (Lipinski definition) is 3. The first-order valence-electron chi connectivity index (χ1n) is 3.78. The number of rotatable bonds is 2. The van der Waals surface area contributed by atoms with E-state index < -0.39 is 11.3 Å². The molecule has 2 N–H and O–H groups in total. The number of anilines is 1. The maximum atomic E-state index is 10.8. The van der Waals surface area contributed by atoms with E-state index in [1.54, 1.807) is 24.3 Å². The Bertz CT molecular complexity index is 350. The van der Waals surface area contributed by atoms with E-state index in [2.05, 4.69) is 12.2 Å². The number of nitrogens with two attached hydrogens (primary N) is 1. The van der Waals surface area contributed by atoms with Crippen LogP contribution in [0.2, 0.25) is 0 Å². The standard InChI is InChI=1S/C8H10N2O2S2/c1-6-2-4-7(5-3-6)10(8(9)13)14(11)12/h2-5H,1H3,(H2,9,13)(H,11,12)/p-1. The molecule has 1 rings (SSSR count). The molecule has 1 unspecified atom stereocenters. The van der Waals surface area contributed by atoms with Crippen molar-refractivity contribution in [3.63, 3.8) is 0 Å². The van der Waals surface area contributed by atoms with Gasteiger partial charge in [-0.1, -0.05) is 17.7 Å². The van der Waals surface area contributed by atoms with Gasteiger partial charge in [-0.25, -0.2) is 4.31 Å². The second-order valence-corrected chi connectivity index (χ2v) is 3.90. The Labute approximate surface area is 90.1 Å². The SMILES string of the molecule is Cc1ccc(N(C(N)=S)S(=O)[O-])cc1. The fourth-order valence-corrected chi connectivity index (χ4v) is 1.70. The first-order valence-corrected chi connectivity index (χ1v) is 5.22. The molecule has 14 heavy (non-hydrogen) atoms. The lowest BCUT2D eigenvalue weighted by molar-refractivity contribution is 0.538. The minimum absolute atomic E-state index is 0.192. The zero-order valence-electron chi connectivity index (χ0n) is 7.47. The summed E-state index contributed by atoms with van der Waals surface area (Å²) in [5, 5.41) is -0.192. The summed E-state index contributed by atoms with van der Waals surface area (Å²) in [6, 6.07) is 6.86. The van der Waals surface area contributed by atoms with Gasteiger partial charge in [0.25, 0.3) is 0 Å². The fraction of sp³-hybridized carbons (Fsp3) is 0.125. The van der Waals surface area contributed by atoms with E-state index in [4.69, 9.17) is 5.73 Å². The average molecular weight is 229 g/mol. The number of nitrogens with zero attached hydrogens (tertiary/aromatic N) is 1. The molecule has 0 bridgehead atoms. The van der Waals surface area contributed by atoms with E-state index in [1.807, 2.05) is 6.92 Å². The lowest BCUT2D eigenvalue weighted by atomic mass is 10.2. The van der Waals surface area contributed by atoms with Crippen molar-refractivity contribution in [3.8, 4) is 0 Å². The van der Waals surface area contributed by atoms with Crippen molar-refractivity contribution in [2.45, 2.75) is 6.92 Å². The van der Waals surface area contributed by atoms with Gasteiger partial charge in [-0.2, -0.15) is 0 Å². The molecule has 0 fully saturated rings. The molecule has 0 saturated carbocycles. The summed E-state index contributed by atoms with van der Waals surface area (Å²) in [6.45, 7) is 1.91. The molecule has 0 aromatic heterocycles. The van der Waals surface area contributed by atoms with Gasteiger partial charge in [0.2, 0.25) is 0 Å². The molecular weight excluding hydrogens is 220 g/mol. The molecule has 4 nitrogen and oxygen atoms in total. The highest BCUT2D eigenvalue weighted by Crippen LogP contribution is 2.15. The summed E-state index contributed by atoms with van der Waals surface area (Å²) < 4.78 is 22.4. The number of benzene rings is 1. The summed E-state index contributed by atoms with van der Waals surface area (Å²) in [6.07, 6.45) is 0. The van der Waals surface area contributed by atoms with Crippen LogP contribution in [0.4, 0.5) is 5.69 Å². The second kappa shape index (κ2) is 4.50. The molecule has 76 valence electrons. The van der Waals surface area contributed by atoms with Crippen LogP contribution < -0.4 is 10.0 Å². The van der Waals surface area contributed by atoms with Crippen molar-refractivity contribution in [3.05, 3.63) is 29.8 Å². The van der Waals surface area contributed by atoms with Crippen molar-refractivity contribution in [1.82, 2.24) is 0 Å². The van der Waals surface area contributed by atoms with Gasteiger partial charge >= 0.3 is 0 Å². The summed E-state index contributed by atoms with van der Waals surface area (Å²) >= 11 is 2.14. The van der Waals surface area contributed by atoms with Crippen LogP contribution in [0.1, 0.15) is 5.56 Å². The summed E-state index contributed by atoms with van der Waals surface area (Å²) in [4.78, 5) is 0. The van der Waals surface area contributed by atoms with Crippen LogP contribution in [0.15, 0.2) is 24.3 Å². The Morgan fingerprint density at radius 2 is 2.00 bits per heavy atom. The van der Waals surface area contributed by atoms with Crippen LogP contribution >= 0.6 is 12.2 Å². The van der Waals surface area contributed by atoms with Crippen molar-refractivity contribution < 1.29 is 8.76 Å². The predicted octanol–water partition coefficient (Wildman–Crippen LogP) is 0.839. The number of thiocarbonyl (C=S) groups is 1. The van der Waals surface area contributed by atoms with Gasteiger partial charge in [-0.05, 0) is 31.3 Å². The lowest BCUT2D eigenvalue weighted by Gasteiger charge is -2.24. The molecule has 0 amide bonds. The Balaban J connectivity index is 3.06. The smallest absolute Gasteiger partial charge is 0.182 e. The minimum atomic E-state index is -2.47. The number of aryl methyl sites for hydroxylation is 1. The Kier molecular flexibility index (Phi) is 3.56. The van der Waals surface area contributed by atoms with Crippen molar-refractivity contribution in [2.24, 2.45) is 5.73 Å². The van der Waals surface area contributed by atoms with E-state index in [-0.39, 0.29) is 5.11 Å². The Morgan fingerprint density at radius 1 is 1.50 bits per heavy atom. The molecular formula is C8H9N2O2S2-. The fourth-order valence-electron chi connectivity index (χ4n) is 0.967. The molecule has 1 aromatic carbocycles. The zero-order chi connectivity index (χ0) is 10.7. The third-order valence-corrected chi connectivity index (χ3v) is 2.62. The van der Waals surface area contributed by atoms with Crippen LogP contribution in [0.3, 0.4) is 0 Å². The number of hydrogen-bond donors (Lipinski definition) is 1. The van der Waals surface area contributed by atoms with Crippen LogP contribution in [-0.2, 0) is 11.3 Å². The maximum Gasteiger partial charge on any atom is 0.182 e. The Morgan fingerprint density at radius 3 is 2.36 bits per heavy atom. The van der Waals surface area contributed by atoms with E-state index >= 15 is 0 Å². The van der Waals surface area contributed by atoms with Crippen LogP contribution in [0.25, 0.3) is 0 Å². The van der Waals surface area contributed by atoms with Crippen molar-refractivity contribution >= 4 is 34.3 Å². The van der Waals surface area contributed by atoms with Gasteiger partial charge in [0.15, 0.2) is 5.11 Å². The van der Waals surface area contributed by atoms with Crippen molar-refractivity contribution in [1.29, 1.82) is 0 Å². The van der Waals surface area contributed by atoms with Gasteiger partial charge in [0, 0.05) is 0 Å². The first kappa shape index (κ1) is 11.1. The van der Waals surface area contributed by atoms with Crippen LogP contribution in [-0.4, -0.2) is 13.9 Å². The zero-order valence-corrected chi connectivity index (χ0v) is 9.10. The maximum absolute atomic E-state index is 10.8. The molecule has 0 aliphatic rings. The quantitative estimate of drug-likeness (QED) is 0.602. The summed E-state index contributed by atoms with van der Waals surface area (Å²) in [7, 11) is 0. The molecule has 1 aromatic rings. The predicted molar refractivity (Wildman–Crippen MR) is 59.4 cm³/mol. The third kappa shape index (κ3) is 2.50. The highest BCUT2D eigenvalue weighted by molar-refractivity contribution is 7.86. The molecule has 0 aliphatic heterocycles. The van der Waals surface area contributed by atoms with E-state index in [0.717, 1.165) is 9.87 Å². The third-order valence-electron chi connectivity index (χ3n) is 1.62. The molecule has 0 spiro atoms. The van der Waals surface area contributed by atoms with Crippen LogP contribution in [0, 0.1) is 6.92 Å². The van der Waals surface area contributed by atoms with Crippen LogP contribution in [0.5, 0.6) is 0 Å². The normalized spacial score (nSPS) is 12.1. The van der Waals surface area contributed by atoms with E-state index in [9.17, 15) is 8.76 Å². The molecule has 6 heteroatoms. The van der Waals surface area contributed by atoms with Gasteiger partial charge < -0.3 is 10.3 Å². The largest absolute Gasteiger partial charge is 0.755 e. The molecule has 0 aliphatic carbocycles.